The average Bonchev–Trinajstić information content (AvgIpc) is 3.06. The fourth-order valence-corrected chi connectivity index (χ4v) is 4.19. The van der Waals surface area contributed by atoms with Gasteiger partial charge in [0.25, 0.3) is 10.0 Å². The minimum Gasteiger partial charge on any atom is -0.478 e. The van der Waals surface area contributed by atoms with Crippen molar-refractivity contribution in [3.8, 4) is 10.6 Å². The predicted molar refractivity (Wildman–Crippen MR) is 91.7 cm³/mol. The second-order valence-electron chi connectivity index (χ2n) is 4.98. The van der Waals surface area contributed by atoms with E-state index in [0.717, 1.165) is 11.3 Å². The zero-order valence-electron chi connectivity index (χ0n) is 12.5. The number of halogens is 1. The molecule has 0 aliphatic carbocycles. The summed E-state index contributed by atoms with van der Waals surface area (Å²) in [5.74, 6) is -1.49. The molecule has 3 aromatic rings. The summed E-state index contributed by atoms with van der Waals surface area (Å²) in [7, 11) is -3.86. The summed E-state index contributed by atoms with van der Waals surface area (Å²) >= 11 is 0.948. The van der Waals surface area contributed by atoms with E-state index in [1.54, 1.807) is 0 Å². The monoisotopic (exact) mass is 378 g/mol. The molecule has 9 heteroatoms. The fraction of sp³-hybridized carbons (Fsp3) is 0. The van der Waals surface area contributed by atoms with Crippen LogP contribution in [-0.4, -0.2) is 24.5 Å². The number of nitrogens with one attached hydrogen (secondary N) is 1. The Morgan fingerprint density at radius 3 is 2.32 bits per heavy atom. The molecule has 2 N–H and O–H groups in total. The zero-order chi connectivity index (χ0) is 18.0. The van der Waals surface area contributed by atoms with Crippen LogP contribution in [0.15, 0.2) is 58.9 Å². The lowest BCUT2D eigenvalue weighted by atomic mass is 10.2. The highest BCUT2D eigenvalue weighted by Crippen LogP contribution is 2.29. The van der Waals surface area contributed by atoms with E-state index in [9.17, 15) is 17.6 Å². The smallest absolute Gasteiger partial charge is 0.335 e. The van der Waals surface area contributed by atoms with Crippen molar-refractivity contribution in [1.29, 1.82) is 0 Å². The van der Waals surface area contributed by atoms with Crippen LogP contribution in [0.3, 0.4) is 0 Å². The zero-order valence-corrected chi connectivity index (χ0v) is 14.1. The first-order valence-corrected chi connectivity index (χ1v) is 9.23. The summed E-state index contributed by atoms with van der Waals surface area (Å²) in [6, 6.07) is 10.9. The number of hydrogen-bond donors (Lipinski definition) is 2. The van der Waals surface area contributed by atoms with Crippen LogP contribution in [0.5, 0.6) is 0 Å². The van der Waals surface area contributed by atoms with E-state index >= 15 is 0 Å². The molecule has 0 saturated heterocycles. The molecule has 6 nitrogen and oxygen atoms in total. The molecule has 0 saturated carbocycles. The summed E-state index contributed by atoms with van der Waals surface area (Å²) in [4.78, 5) is 14.9. The van der Waals surface area contributed by atoms with Gasteiger partial charge < -0.3 is 5.11 Å². The highest BCUT2D eigenvalue weighted by Gasteiger charge is 2.19. The molecule has 1 heterocycles. The van der Waals surface area contributed by atoms with Gasteiger partial charge in [-0.05, 0) is 48.5 Å². The van der Waals surface area contributed by atoms with Crippen LogP contribution in [0.2, 0.25) is 0 Å². The third-order valence-corrected chi connectivity index (χ3v) is 6.11. The molecule has 0 unspecified atom stereocenters. The lowest BCUT2D eigenvalue weighted by molar-refractivity contribution is 0.0697. The molecule has 0 bridgehead atoms. The Hall–Kier alpha value is -2.78. The van der Waals surface area contributed by atoms with E-state index in [2.05, 4.69) is 9.71 Å². The van der Waals surface area contributed by atoms with Gasteiger partial charge >= 0.3 is 5.97 Å². The largest absolute Gasteiger partial charge is 0.478 e. The first-order chi connectivity index (χ1) is 11.8. The predicted octanol–water partition coefficient (Wildman–Crippen LogP) is 3.45. The number of sulfonamides is 1. The van der Waals surface area contributed by atoms with Gasteiger partial charge in [-0.1, -0.05) is 0 Å². The van der Waals surface area contributed by atoms with E-state index in [0.29, 0.717) is 10.6 Å². The summed E-state index contributed by atoms with van der Waals surface area (Å²) in [5.41, 5.74) is 0.903. The van der Waals surface area contributed by atoms with Crippen LogP contribution in [0, 0.1) is 5.82 Å². The molecule has 0 aliphatic rings. The van der Waals surface area contributed by atoms with E-state index in [1.165, 1.54) is 54.7 Å². The van der Waals surface area contributed by atoms with E-state index in [-0.39, 0.29) is 21.3 Å². The molecule has 0 aliphatic heterocycles. The molecule has 0 atom stereocenters. The number of rotatable bonds is 5. The van der Waals surface area contributed by atoms with Gasteiger partial charge in [-0.2, -0.15) is 0 Å². The van der Waals surface area contributed by atoms with Crippen LogP contribution in [0.1, 0.15) is 10.4 Å². The van der Waals surface area contributed by atoms with Gasteiger partial charge in [-0.25, -0.2) is 22.6 Å². The van der Waals surface area contributed by atoms with Crippen molar-refractivity contribution in [1.82, 2.24) is 4.98 Å². The summed E-state index contributed by atoms with van der Waals surface area (Å²) in [5, 5.41) is 9.29. The second kappa shape index (κ2) is 6.61. The number of benzene rings is 2. The van der Waals surface area contributed by atoms with E-state index in [4.69, 9.17) is 5.11 Å². The van der Waals surface area contributed by atoms with Crippen molar-refractivity contribution in [2.75, 3.05) is 4.72 Å². The molecule has 3 rings (SSSR count). The second-order valence-corrected chi connectivity index (χ2v) is 7.92. The Morgan fingerprint density at radius 1 is 1.08 bits per heavy atom. The van der Waals surface area contributed by atoms with Crippen molar-refractivity contribution >= 4 is 33.0 Å². The third kappa shape index (κ3) is 3.83. The standard InChI is InChI=1S/C16H11FN2O4S2/c17-12-5-1-10(2-6-12)15-18-9-14(24-15)25(22,23)19-13-7-3-11(4-8-13)16(20)21/h1-9,19H,(H,20,21). The highest BCUT2D eigenvalue weighted by molar-refractivity contribution is 7.94. The van der Waals surface area contributed by atoms with Crippen LogP contribution in [0.25, 0.3) is 10.6 Å². The number of anilines is 1. The number of carboxylic acids is 1. The van der Waals surface area contributed by atoms with Crippen molar-refractivity contribution in [2.24, 2.45) is 0 Å². The van der Waals surface area contributed by atoms with Gasteiger partial charge in [0.2, 0.25) is 0 Å². The van der Waals surface area contributed by atoms with Crippen molar-refractivity contribution in [2.45, 2.75) is 4.21 Å². The van der Waals surface area contributed by atoms with E-state index < -0.39 is 16.0 Å². The molecule has 0 spiro atoms. The molecule has 1 aromatic heterocycles. The van der Waals surface area contributed by atoms with Gasteiger partial charge in [-0.3, -0.25) is 4.72 Å². The molecule has 2 aromatic carbocycles. The third-order valence-electron chi connectivity index (χ3n) is 3.22. The number of hydrogen-bond acceptors (Lipinski definition) is 5. The maximum Gasteiger partial charge on any atom is 0.335 e. The topological polar surface area (TPSA) is 96.4 Å². The molecule has 0 fully saturated rings. The van der Waals surface area contributed by atoms with Crippen molar-refractivity contribution < 1.29 is 22.7 Å². The molecular weight excluding hydrogens is 367 g/mol. The number of carbonyl (C=O) groups is 1. The van der Waals surface area contributed by atoms with Crippen LogP contribution >= 0.6 is 11.3 Å². The molecule has 0 amide bonds. The molecule has 128 valence electrons. The quantitative estimate of drug-likeness (QED) is 0.709. The lowest BCUT2D eigenvalue weighted by Crippen LogP contribution is -2.11. The van der Waals surface area contributed by atoms with Gasteiger partial charge in [0, 0.05) is 11.3 Å². The average molecular weight is 378 g/mol. The Balaban J connectivity index is 1.83. The highest BCUT2D eigenvalue weighted by atomic mass is 32.2. The van der Waals surface area contributed by atoms with E-state index in [1.807, 2.05) is 0 Å². The Bertz CT molecular complexity index is 1010. The normalized spacial score (nSPS) is 11.2. The van der Waals surface area contributed by atoms with Crippen LogP contribution in [0.4, 0.5) is 10.1 Å². The van der Waals surface area contributed by atoms with Gasteiger partial charge in [-0.15, -0.1) is 11.3 Å². The van der Waals surface area contributed by atoms with Crippen LogP contribution in [-0.2, 0) is 10.0 Å². The summed E-state index contributed by atoms with van der Waals surface area (Å²) in [6.07, 6.45) is 1.22. The first-order valence-electron chi connectivity index (χ1n) is 6.93. The Morgan fingerprint density at radius 2 is 1.72 bits per heavy atom. The number of carboxylic acid groups (broad SMARTS) is 1. The van der Waals surface area contributed by atoms with Crippen molar-refractivity contribution in [3.63, 3.8) is 0 Å². The minimum absolute atomic E-state index is 0.00543. The van der Waals surface area contributed by atoms with Gasteiger partial charge in [0.1, 0.15) is 10.8 Å². The fourth-order valence-electron chi connectivity index (χ4n) is 2.00. The Labute approximate surface area is 146 Å². The first kappa shape index (κ1) is 17.1. The summed E-state index contributed by atoms with van der Waals surface area (Å²) < 4.78 is 40.1. The maximum absolute atomic E-state index is 13.0. The number of thiazole rings is 1. The lowest BCUT2D eigenvalue weighted by Gasteiger charge is -2.05. The van der Waals surface area contributed by atoms with Gasteiger partial charge in [0.15, 0.2) is 4.21 Å². The maximum atomic E-state index is 13.0. The number of aromatic carboxylic acids is 1. The van der Waals surface area contributed by atoms with Crippen molar-refractivity contribution in [3.05, 3.63) is 66.1 Å². The number of aromatic nitrogens is 1. The van der Waals surface area contributed by atoms with Crippen LogP contribution < -0.4 is 4.72 Å². The summed E-state index contributed by atoms with van der Waals surface area (Å²) in [6.45, 7) is 0. The molecular formula is C16H11FN2O4S2. The number of nitrogens with zero attached hydrogens (tertiary/aromatic N) is 1. The molecule has 0 radical (unpaired) electrons. The Kier molecular flexibility index (Phi) is 4.51. The van der Waals surface area contributed by atoms with Gasteiger partial charge in [0.05, 0.1) is 11.8 Å². The molecule has 25 heavy (non-hydrogen) atoms. The SMILES string of the molecule is O=C(O)c1ccc(NS(=O)(=O)c2cnc(-c3ccc(F)cc3)s2)cc1. The minimum atomic E-state index is -3.86.